The van der Waals surface area contributed by atoms with Crippen LogP contribution in [0.1, 0.15) is 12.8 Å². The molecule has 0 aromatic rings. The monoisotopic (exact) mass is 355 g/mol. The van der Waals surface area contributed by atoms with E-state index in [1.54, 1.807) is 0 Å². The molecule has 8 atom stereocenters. The van der Waals surface area contributed by atoms with Crippen LogP contribution >= 0.6 is 43.5 Å². The van der Waals surface area contributed by atoms with Gasteiger partial charge in [0.25, 0.3) is 0 Å². The molecule has 0 unspecified atom stereocenters. The van der Waals surface area contributed by atoms with Crippen molar-refractivity contribution in [2.45, 2.75) is 33.9 Å². The second kappa shape index (κ2) is 3.67. The van der Waals surface area contributed by atoms with E-state index in [-0.39, 0.29) is 11.4 Å². The van der Waals surface area contributed by atoms with Gasteiger partial charge >= 0.3 is 0 Å². The van der Waals surface area contributed by atoms with Gasteiger partial charge in [-0.3, -0.25) is 0 Å². The molecule has 0 aromatic heterocycles. The van der Waals surface area contributed by atoms with Crippen LogP contribution in [0.4, 0.5) is 0 Å². The van der Waals surface area contributed by atoms with Crippen molar-refractivity contribution in [1.29, 1.82) is 0 Å². The van der Waals surface area contributed by atoms with Crippen LogP contribution in [0, 0.1) is 28.6 Å². The van der Waals surface area contributed by atoms with Crippen LogP contribution in [0.5, 0.6) is 0 Å². The Morgan fingerprint density at radius 2 is 1.87 bits per heavy atom. The Bertz CT molecular complexity index is 301. The molecule has 0 aromatic carbocycles. The fourth-order valence-electron chi connectivity index (χ4n) is 4.05. The molecule has 0 radical (unpaired) electrons. The predicted octanol–water partition coefficient (Wildman–Crippen LogP) is 3.54. The molecule has 5 heteroatoms. The Morgan fingerprint density at radius 3 is 2.53 bits per heavy atom. The number of rotatable bonds is 1. The first-order chi connectivity index (χ1) is 7.15. The maximum atomic E-state index is 10.8. The van der Waals surface area contributed by atoms with Gasteiger partial charge in [0, 0.05) is 9.65 Å². The summed E-state index contributed by atoms with van der Waals surface area (Å²) in [6.45, 7) is 0. The molecule has 2 nitrogen and oxygen atoms in total. The van der Waals surface area contributed by atoms with E-state index >= 15 is 0 Å². The zero-order valence-electron chi connectivity index (χ0n) is 8.02. The zero-order valence-corrected chi connectivity index (χ0v) is 12.0. The van der Waals surface area contributed by atoms with Gasteiger partial charge in [0.1, 0.15) is 6.04 Å². The number of nitroso groups, excluding NO2 is 1. The number of halogens is 3. The van der Waals surface area contributed by atoms with E-state index in [9.17, 15) is 4.91 Å². The lowest BCUT2D eigenvalue weighted by atomic mass is 9.79. The molecule has 3 aliphatic carbocycles. The Kier molecular flexibility index (Phi) is 2.69. The molecule has 0 saturated heterocycles. The highest BCUT2D eigenvalue weighted by atomic mass is 79.9. The lowest BCUT2D eigenvalue weighted by Crippen LogP contribution is -2.38. The highest BCUT2D eigenvalue weighted by Gasteiger charge is 2.63. The van der Waals surface area contributed by atoms with Crippen molar-refractivity contribution >= 4 is 43.5 Å². The van der Waals surface area contributed by atoms with Gasteiger partial charge < -0.3 is 0 Å². The van der Waals surface area contributed by atoms with Crippen molar-refractivity contribution in [3.63, 3.8) is 0 Å². The molecular formula is C10H12Br2ClNO. The SMILES string of the molecule is O=N[C@H]1[C@@H](Cl)[C@@H]2C[C@@H]1[C@H]1C[C@H](Br)[C@H](Br)[C@@H]12. The van der Waals surface area contributed by atoms with Crippen LogP contribution in [-0.4, -0.2) is 21.1 Å². The summed E-state index contributed by atoms with van der Waals surface area (Å²) in [4.78, 5) is 11.9. The van der Waals surface area contributed by atoms with Gasteiger partial charge in [0.15, 0.2) is 0 Å². The topological polar surface area (TPSA) is 29.4 Å². The minimum Gasteiger partial charge on any atom is -0.150 e. The Hall–Kier alpha value is 0.850. The average molecular weight is 357 g/mol. The van der Waals surface area contributed by atoms with Gasteiger partial charge in [-0.15, -0.1) is 11.6 Å². The van der Waals surface area contributed by atoms with Gasteiger partial charge in [-0.2, -0.15) is 4.91 Å². The van der Waals surface area contributed by atoms with Crippen LogP contribution in [0.25, 0.3) is 0 Å². The van der Waals surface area contributed by atoms with Crippen LogP contribution in [0.3, 0.4) is 0 Å². The second-order valence-electron chi connectivity index (χ2n) is 5.04. The quantitative estimate of drug-likeness (QED) is 0.521. The molecule has 3 saturated carbocycles. The van der Waals surface area contributed by atoms with Crippen molar-refractivity contribution < 1.29 is 0 Å². The largest absolute Gasteiger partial charge is 0.150 e. The number of hydrogen-bond acceptors (Lipinski definition) is 2. The van der Waals surface area contributed by atoms with Crippen LogP contribution < -0.4 is 0 Å². The van der Waals surface area contributed by atoms with Gasteiger partial charge in [-0.05, 0) is 36.5 Å². The molecule has 15 heavy (non-hydrogen) atoms. The Balaban J connectivity index is 1.91. The minimum absolute atomic E-state index is 0.0217. The summed E-state index contributed by atoms with van der Waals surface area (Å²) in [6.07, 6.45) is 2.28. The molecule has 0 N–H and O–H groups in total. The van der Waals surface area contributed by atoms with Crippen LogP contribution in [0.15, 0.2) is 5.18 Å². The third kappa shape index (κ3) is 1.34. The van der Waals surface area contributed by atoms with E-state index in [0.29, 0.717) is 33.3 Å². The predicted molar refractivity (Wildman–Crippen MR) is 67.8 cm³/mol. The van der Waals surface area contributed by atoms with E-state index in [0.717, 1.165) is 12.8 Å². The van der Waals surface area contributed by atoms with E-state index in [2.05, 4.69) is 37.0 Å². The van der Waals surface area contributed by atoms with Crippen LogP contribution in [-0.2, 0) is 0 Å². The normalized spacial score (nSPS) is 62.1. The van der Waals surface area contributed by atoms with Crippen molar-refractivity contribution in [2.24, 2.45) is 28.8 Å². The van der Waals surface area contributed by atoms with Crippen molar-refractivity contribution in [2.75, 3.05) is 0 Å². The fourth-order valence-corrected chi connectivity index (χ4v) is 6.33. The van der Waals surface area contributed by atoms with E-state index < -0.39 is 0 Å². The van der Waals surface area contributed by atoms with Gasteiger partial charge in [-0.25, -0.2) is 0 Å². The first kappa shape index (κ1) is 11.0. The van der Waals surface area contributed by atoms with Crippen molar-refractivity contribution in [1.82, 2.24) is 0 Å². The molecule has 2 bridgehead atoms. The highest BCUT2D eigenvalue weighted by molar-refractivity contribution is 9.12. The molecular weight excluding hydrogens is 345 g/mol. The Morgan fingerprint density at radius 1 is 1.13 bits per heavy atom. The summed E-state index contributed by atoms with van der Waals surface area (Å²) >= 11 is 13.8. The second-order valence-corrected chi connectivity index (χ2v) is 7.78. The van der Waals surface area contributed by atoms with Crippen molar-refractivity contribution in [3.8, 4) is 0 Å². The number of alkyl halides is 3. The van der Waals surface area contributed by atoms with Crippen LogP contribution in [0.2, 0.25) is 0 Å². The lowest BCUT2D eigenvalue weighted by Gasteiger charge is -2.32. The maximum Gasteiger partial charge on any atom is 0.112 e. The van der Waals surface area contributed by atoms with Crippen molar-refractivity contribution in [3.05, 3.63) is 4.91 Å². The Labute approximate surface area is 111 Å². The average Bonchev–Trinajstić information content (AvgIpc) is 2.79. The molecule has 84 valence electrons. The number of hydrogen-bond donors (Lipinski definition) is 0. The summed E-state index contributed by atoms with van der Waals surface area (Å²) in [5, 5.41) is 3.23. The molecule has 3 aliphatic rings. The minimum atomic E-state index is -0.129. The van der Waals surface area contributed by atoms with Gasteiger partial charge in [0.05, 0.1) is 5.38 Å². The third-order valence-electron chi connectivity index (χ3n) is 4.59. The smallest absolute Gasteiger partial charge is 0.112 e. The molecule has 0 spiro atoms. The summed E-state index contributed by atoms with van der Waals surface area (Å²) in [5.41, 5.74) is 0. The molecule has 0 aliphatic heterocycles. The first-order valence-electron chi connectivity index (χ1n) is 5.40. The number of nitrogens with zero attached hydrogens (tertiary/aromatic N) is 1. The number of fused-ring (bicyclic) bond motifs is 5. The highest BCUT2D eigenvalue weighted by Crippen LogP contribution is 2.63. The van der Waals surface area contributed by atoms with E-state index in [1.165, 1.54) is 0 Å². The fraction of sp³-hybridized carbons (Fsp3) is 1.00. The molecule has 3 fully saturated rings. The summed E-state index contributed by atoms with van der Waals surface area (Å²) in [6, 6.07) is -0.129. The van der Waals surface area contributed by atoms with Gasteiger partial charge in [-0.1, -0.05) is 37.0 Å². The van der Waals surface area contributed by atoms with Gasteiger partial charge in [0.2, 0.25) is 0 Å². The zero-order chi connectivity index (χ0) is 10.7. The molecule has 0 heterocycles. The molecule has 3 rings (SSSR count). The molecule has 0 amide bonds. The maximum absolute atomic E-state index is 10.8. The lowest BCUT2D eigenvalue weighted by molar-refractivity contribution is 0.242. The summed E-state index contributed by atoms with van der Waals surface area (Å²) < 4.78 is 0. The summed E-state index contributed by atoms with van der Waals surface area (Å²) in [7, 11) is 0. The van der Waals surface area contributed by atoms with E-state index in [4.69, 9.17) is 11.6 Å². The third-order valence-corrected chi connectivity index (χ3v) is 8.07. The standard InChI is InChI=1S/C10H12Br2ClNO/c11-6-2-3-4-1-5(7(3)8(6)12)9(13)10(4)14-15/h3-10H,1-2H2/t3-,4-,5-,6+,7+,8+,9+,10-/m1/s1. The summed E-state index contributed by atoms with van der Waals surface area (Å²) in [5.74, 6) is 2.25. The van der Waals surface area contributed by atoms with E-state index in [1.807, 2.05) is 0 Å². The first-order valence-corrected chi connectivity index (χ1v) is 7.66.